The Morgan fingerprint density at radius 3 is 2.36 bits per heavy atom. The number of benzene rings is 2. The summed E-state index contributed by atoms with van der Waals surface area (Å²) in [4.78, 5) is 12.0. The van der Waals surface area contributed by atoms with E-state index < -0.39 is 10.0 Å². The summed E-state index contributed by atoms with van der Waals surface area (Å²) in [5.41, 5.74) is 0.732. The van der Waals surface area contributed by atoms with Crippen molar-refractivity contribution in [3.63, 3.8) is 0 Å². The zero-order valence-corrected chi connectivity index (χ0v) is 15.5. The summed E-state index contributed by atoms with van der Waals surface area (Å²) >= 11 is 11.7. The van der Waals surface area contributed by atoms with Gasteiger partial charge in [0.05, 0.1) is 21.0 Å². The van der Waals surface area contributed by atoms with Gasteiger partial charge in [-0.25, -0.2) is 13.6 Å². The number of nitrogens with two attached hydrogens (primary N) is 1. The third-order valence-electron chi connectivity index (χ3n) is 3.35. The number of rotatable bonds is 6. The molecule has 2 aromatic carbocycles. The fourth-order valence-corrected chi connectivity index (χ4v) is 2.83. The normalized spacial score (nSPS) is 12.5. The molecule has 0 spiro atoms. The number of carbonyl (C=O) groups is 1. The molecule has 2 aromatic rings. The maximum atomic E-state index is 12.0. The van der Waals surface area contributed by atoms with Crippen LogP contribution in [-0.4, -0.2) is 20.9 Å². The maximum Gasteiger partial charge on any atom is 0.258 e. The molecule has 6 nitrogen and oxygen atoms in total. The molecule has 0 radical (unpaired) electrons. The van der Waals surface area contributed by atoms with Crippen molar-refractivity contribution in [2.24, 2.45) is 5.14 Å². The fourth-order valence-electron chi connectivity index (χ4n) is 2.03. The number of hydrogen-bond donors (Lipinski definition) is 2. The van der Waals surface area contributed by atoms with Crippen molar-refractivity contribution in [2.45, 2.75) is 17.9 Å². The van der Waals surface area contributed by atoms with Crippen LogP contribution in [0.3, 0.4) is 0 Å². The first-order chi connectivity index (χ1) is 11.7. The average molecular weight is 403 g/mol. The molecule has 3 N–H and O–H groups in total. The number of primary sulfonamides is 1. The topological polar surface area (TPSA) is 98.5 Å². The lowest BCUT2D eigenvalue weighted by molar-refractivity contribution is -0.123. The third kappa shape index (κ3) is 5.61. The van der Waals surface area contributed by atoms with Crippen LogP contribution in [0.1, 0.15) is 18.5 Å². The quantitative estimate of drug-likeness (QED) is 0.775. The Kier molecular flexibility index (Phi) is 6.29. The van der Waals surface area contributed by atoms with Crippen molar-refractivity contribution < 1.29 is 17.9 Å². The highest BCUT2D eigenvalue weighted by molar-refractivity contribution is 7.89. The average Bonchev–Trinajstić information content (AvgIpc) is 2.55. The first-order valence-corrected chi connectivity index (χ1v) is 9.47. The van der Waals surface area contributed by atoms with Crippen molar-refractivity contribution in [3.05, 3.63) is 58.1 Å². The number of amides is 1. The lowest BCUT2D eigenvalue weighted by Gasteiger charge is -2.15. The summed E-state index contributed by atoms with van der Waals surface area (Å²) in [6, 6.07) is 10.3. The molecule has 0 bridgehead atoms. The summed E-state index contributed by atoms with van der Waals surface area (Å²) < 4.78 is 27.8. The number of sulfonamides is 1. The van der Waals surface area contributed by atoms with Crippen LogP contribution < -0.4 is 15.2 Å². The van der Waals surface area contributed by atoms with Crippen LogP contribution in [0.15, 0.2) is 47.4 Å². The van der Waals surface area contributed by atoms with Crippen LogP contribution >= 0.6 is 23.2 Å². The molecule has 2 rings (SSSR count). The lowest BCUT2D eigenvalue weighted by atomic mass is 10.1. The molecular formula is C16H16Cl2N2O4S. The van der Waals surface area contributed by atoms with Crippen LogP contribution in [0.2, 0.25) is 10.0 Å². The summed E-state index contributed by atoms with van der Waals surface area (Å²) in [5.74, 6) is 0.0869. The van der Waals surface area contributed by atoms with E-state index in [-0.39, 0.29) is 23.5 Å². The van der Waals surface area contributed by atoms with Gasteiger partial charge in [0.2, 0.25) is 10.0 Å². The molecule has 0 aliphatic rings. The second-order valence-corrected chi connectivity index (χ2v) is 7.64. The Hall–Kier alpha value is -1.80. The van der Waals surface area contributed by atoms with Gasteiger partial charge in [0.15, 0.2) is 6.61 Å². The molecule has 0 aliphatic carbocycles. The Morgan fingerprint density at radius 1 is 1.16 bits per heavy atom. The van der Waals surface area contributed by atoms with Crippen molar-refractivity contribution in [1.82, 2.24) is 5.32 Å². The molecule has 1 unspecified atom stereocenters. The second-order valence-electron chi connectivity index (χ2n) is 5.27. The predicted octanol–water partition coefficient (Wildman–Crippen LogP) is 2.90. The molecular weight excluding hydrogens is 387 g/mol. The molecule has 0 aromatic heterocycles. The molecule has 0 heterocycles. The van der Waals surface area contributed by atoms with Gasteiger partial charge >= 0.3 is 0 Å². The zero-order chi connectivity index (χ0) is 18.6. The van der Waals surface area contributed by atoms with E-state index in [0.29, 0.717) is 15.8 Å². The van der Waals surface area contributed by atoms with E-state index in [1.807, 2.05) is 0 Å². The van der Waals surface area contributed by atoms with Gasteiger partial charge in [0.25, 0.3) is 5.91 Å². The first-order valence-electron chi connectivity index (χ1n) is 7.17. The summed E-state index contributed by atoms with van der Waals surface area (Å²) in [5, 5.41) is 8.53. The van der Waals surface area contributed by atoms with E-state index in [1.165, 1.54) is 18.2 Å². The highest BCUT2D eigenvalue weighted by Gasteiger charge is 2.13. The molecule has 9 heteroatoms. The number of carbonyl (C=O) groups excluding carboxylic acids is 1. The van der Waals surface area contributed by atoms with Crippen LogP contribution in [0.25, 0.3) is 0 Å². The van der Waals surface area contributed by atoms with Gasteiger partial charge in [-0.05, 0) is 36.8 Å². The minimum atomic E-state index is -3.74. The number of halogens is 2. The number of ether oxygens (including phenoxy) is 1. The second kappa shape index (κ2) is 8.05. The molecule has 0 saturated carbocycles. The lowest BCUT2D eigenvalue weighted by Crippen LogP contribution is -2.31. The monoisotopic (exact) mass is 402 g/mol. The molecule has 0 saturated heterocycles. The van der Waals surface area contributed by atoms with Crippen molar-refractivity contribution >= 4 is 39.1 Å². The summed E-state index contributed by atoms with van der Waals surface area (Å²) in [6.07, 6.45) is 0. The Labute approximate surface area is 155 Å². The standard InChI is InChI=1S/C16H16Cl2N2O4S/c1-10(11-2-5-13(6-3-11)25(19,22)23)20-16(21)9-24-12-4-7-14(17)15(18)8-12/h2-8,10H,9H2,1H3,(H,20,21)(H2,19,22,23). The van der Waals surface area contributed by atoms with E-state index in [1.54, 1.807) is 31.2 Å². The Bertz CT molecular complexity index is 870. The van der Waals surface area contributed by atoms with E-state index in [4.69, 9.17) is 33.1 Å². The van der Waals surface area contributed by atoms with Crippen LogP contribution in [0.4, 0.5) is 0 Å². The van der Waals surface area contributed by atoms with Crippen molar-refractivity contribution in [1.29, 1.82) is 0 Å². The van der Waals surface area contributed by atoms with Gasteiger partial charge in [0.1, 0.15) is 5.75 Å². The van der Waals surface area contributed by atoms with E-state index in [9.17, 15) is 13.2 Å². The molecule has 1 amide bonds. The molecule has 1 atom stereocenters. The largest absolute Gasteiger partial charge is 0.484 e. The molecule has 134 valence electrons. The minimum absolute atomic E-state index is 0.0118. The Morgan fingerprint density at radius 2 is 1.80 bits per heavy atom. The van der Waals surface area contributed by atoms with Crippen LogP contribution in [0.5, 0.6) is 5.75 Å². The van der Waals surface area contributed by atoms with Crippen molar-refractivity contribution in [2.75, 3.05) is 6.61 Å². The van der Waals surface area contributed by atoms with Crippen LogP contribution in [0, 0.1) is 0 Å². The maximum absolute atomic E-state index is 12.0. The highest BCUT2D eigenvalue weighted by atomic mass is 35.5. The number of hydrogen-bond acceptors (Lipinski definition) is 4. The van der Waals surface area contributed by atoms with Crippen molar-refractivity contribution in [3.8, 4) is 5.75 Å². The predicted molar refractivity (Wildman–Crippen MR) is 96.3 cm³/mol. The van der Waals surface area contributed by atoms with Crippen LogP contribution in [-0.2, 0) is 14.8 Å². The van der Waals surface area contributed by atoms with Gasteiger partial charge in [0, 0.05) is 6.07 Å². The van der Waals surface area contributed by atoms with E-state index >= 15 is 0 Å². The van der Waals surface area contributed by atoms with Gasteiger partial charge in [-0.3, -0.25) is 4.79 Å². The molecule has 0 aliphatic heterocycles. The Balaban J connectivity index is 1.92. The van der Waals surface area contributed by atoms with Gasteiger partial charge in [-0.2, -0.15) is 0 Å². The SMILES string of the molecule is CC(NC(=O)COc1ccc(Cl)c(Cl)c1)c1ccc(S(N)(=O)=O)cc1. The molecule has 25 heavy (non-hydrogen) atoms. The number of nitrogens with one attached hydrogen (secondary N) is 1. The van der Waals surface area contributed by atoms with E-state index in [0.717, 1.165) is 5.56 Å². The minimum Gasteiger partial charge on any atom is -0.484 e. The smallest absolute Gasteiger partial charge is 0.258 e. The third-order valence-corrected chi connectivity index (χ3v) is 5.02. The first kappa shape index (κ1) is 19.5. The molecule has 0 fully saturated rings. The van der Waals surface area contributed by atoms with Gasteiger partial charge in [-0.15, -0.1) is 0 Å². The van der Waals surface area contributed by atoms with E-state index in [2.05, 4.69) is 5.32 Å². The highest BCUT2D eigenvalue weighted by Crippen LogP contribution is 2.26. The van der Waals surface area contributed by atoms with Gasteiger partial charge in [-0.1, -0.05) is 35.3 Å². The summed E-state index contributed by atoms with van der Waals surface area (Å²) in [7, 11) is -3.74. The zero-order valence-electron chi connectivity index (χ0n) is 13.2. The summed E-state index contributed by atoms with van der Waals surface area (Å²) in [6.45, 7) is 1.57. The fraction of sp³-hybridized carbons (Fsp3) is 0.188. The van der Waals surface area contributed by atoms with Gasteiger partial charge < -0.3 is 10.1 Å².